The summed E-state index contributed by atoms with van der Waals surface area (Å²) < 4.78 is 24.2. The molecule has 0 N–H and O–H groups in total. The Morgan fingerprint density at radius 1 is 1.33 bits per heavy atom. The molecule has 142 valence electrons. The van der Waals surface area contributed by atoms with Crippen molar-refractivity contribution in [3.05, 3.63) is 46.2 Å². The summed E-state index contributed by atoms with van der Waals surface area (Å²) >= 11 is 1.47. The van der Waals surface area contributed by atoms with Crippen LogP contribution < -0.4 is 9.64 Å². The van der Waals surface area contributed by atoms with Crippen molar-refractivity contribution in [3.8, 4) is 17.1 Å². The second-order valence-corrected chi connectivity index (χ2v) is 6.81. The van der Waals surface area contributed by atoms with Gasteiger partial charge in [-0.1, -0.05) is 5.16 Å². The summed E-state index contributed by atoms with van der Waals surface area (Å²) in [6, 6.07) is 4.26. The van der Waals surface area contributed by atoms with Crippen LogP contribution in [0.2, 0.25) is 0 Å². The van der Waals surface area contributed by atoms with Gasteiger partial charge in [-0.25, -0.2) is 9.37 Å². The lowest BCUT2D eigenvalue weighted by atomic mass is 10.1. The quantitative estimate of drug-likeness (QED) is 0.643. The van der Waals surface area contributed by atoms with Crippen molar-refractivity contribution in [2.75, 3.05) is 33.2 Å². The van der Waals surface area contributed by atoms with Crippen LogP contribution in [0.1, 0.15) is 16.1 Å². The van der Waals surface area contributed by atoms with E-state index < -0.39 is 5.82 Å². The molecule has 0 atom stereocenters. The number of hydrogen-bond donors (Lipinski definition) is 0. The van der Waals surface area contributed by atoms with Crippen LogP contribution in [0.3, 0.4) is 0 Å². The smallest absolute Gasteiger partial charge is 0.261 e. The third kappa shape index (κ3) is 3.77. The number of carbonyl (C=O) groups excluding carboxylic acids is 1. The fraction of sp³-hybridized carbons (Fsp3) is 0.278. The van der Waals surface area contributed by atoms with Gasteiger partial charge in [-0.3, -0.25) is 4.79 Å². The molecule has 0 aliphatic rings. The highest BCUT2D eigenvalue weighted by Crippen LogP contribution is 2.34. The fourth-order valence-electron chi connectivity index (χ4n) is 2.60. The lowest BCUT2D eigenvalue weighted by Gasteiger charge is -2.18. The third-order valence-corrected chi connectivity index (χ3v) is 4.59. The summed E-state index contributed by atoms with van der Waals surface area (Å²) in [5.41, 5.74) is 3.31. The van der Waals surface area contributed by atoms with Gasteiger partial charge < -0.3 is 19.1 Å². The largest absolute Gasteiger partial charge is 0.494 e. The van der Waals surface area contributed by atoms with E-state index in [4.69, 9.17) is 9.26 Å². The van der Waals surface area contributed by atoms with Crippen LogP contribution in [0, 0.1) is 5.82 Å². The first-order valence-corrected chi connectivity index (χ1v) is 9.00. The van der Waals surface area contributed by atoms with E-state index >= 15 is 0 Å². The molecule has 3 aromatic rings. The minimum Gasteiger partial charge on any atom is -0.494 e. The molecule has 0 spiro atoms. The van der Waals surface area contributed by atoms with Crippen molar-refractivity contribution in [3.63, 3.8) is 0 Å². The third-order valence-electron chi connectivity index (χ3n) is 3.95. The number of hydrogen-bond acceptors (Lipinski definition) is 7. The molecule has 0 unspecified atom stereocenters. The van der Waals surface area contributed by atoms with Gasteiger partial charge in [-0.15, -0.1) is 11.3 Å². The van der Waals surface area contributed by atoms with E-state index in [1.165, 1.54) is 36.6 Å². The Morgan fingerprint density at radius 2 is 2.11 bits per heavy atom. The molecule has 0 aliphatic carbocycles. The maximum absolute atomic E-state index is 13.8. The monoisotopic (exact) mass is 390 g/mol. The molecule has 2 heterocycles. The van der Waals surface area contributed by atoms with E-state index in [2.05, 4.69) is 10.1 Å². The standard InChI is InChI=1S/C18H19FN4O3S/c1-22(2)17-15(18(24)23(3)8-12-9-27-10-20-12)16(26-21-17)11-5-6-13(19)14(7-11)25-4/h5-7,9-10H,8H2,1-4H3. The van der Waals surface area contributed by atoms with Gasteiger partial charge in [0.05, 0.1) is 24.9 Å². The average Bonchev–Trinajstić information content (AvgIpc) is 3.31. The number of nitrogens with zero attached hydrogens (tertiary/aromatic N) is 4. The number of benzene rings is 1. The van der Waals surface area contributed by atoms with Crippen LogP contribution >= 0.6 is 11.3 Å². The minimum absolute atomic E-state index is 0.0597. The Bertz CT molecular complexity index is 940. The lowest BCUT2D eigenvalue weighted by Crippen LogP contribution is -2.28. The molecule has 0 aliphatic heterocycles. The normalized spacial score (nSPS) is 10.7. The molecular weight excluding hydrogens is 371 g/mol. The first kappa shape index (κ1) is 18.8. The van der Waals surface area contributed by atoms with Crippen molar-refractivity contribution in [1.29, 1.82) is 0 Å². The highest BCUT2D eigenvalue weighted by atomic mass is 32.1. The van der Waals surface area contributed by atoms with Gasteiger partial charge in [-0.05, 0) is 18.2 Å². The molecular formula is C18H19FN4O3S. The highest BCUT2D eigenvalue weighted by Gasteiger charge is 2.28. The van der Waals surface area contributed by atoms with Crippen LogP contribution in [0.4, 0.5) is 10.2 Å². The predicted octanol–water partition coefficient (Wildman–Crippen LogP) is 3.28. The number of methoxy groups -OCH3 is 1. The Labute approximate surface area is 160 Å². The summed E-state index contributed by atoms with van der Waals surface area (Å²) in [7, 11) is 6.60. The molecule has 0 bridgehead atoms. The Balaban J connectivity index is 2.03. The molecule has 1 amide bonds. The van der Waals surface area contributed by atoms with Crippen LogP contribution in [0.5, 0.6) is 5.75 Å². The predicted molar refractivity (Wildman–Crippen MR) is 101 cm³/mol. The average molecular weight is 390 g/mol. The van der Waals surface area contributed by atoms with E-state index in [9.17, 15) is 9.18 Å². The number of ether oxygens (including phenoxy) is 1. The summed E-state index contributed by atoms with van der Waals surface area (Å²) in [6.07, 6.45) is 0. The second-order valence-electron chi connectivity index (χ2n) is 6.10. The SMILES string of the molecule is COc1cc(-c2onc(N(C)C)c2C(=O)N(C)Cc2cscn2)ccc1F. The summed E-state index contributed by atoms with van der Waals surface area (Å²) in [5.74, 6) is -0.0616. The molecule has 2 aromatic heterocycles. The van der Waals surface area contributed by atoms with Crippen LogP contribution in [-0.4, -0.2) is 49.2 Å². The maximum atomic E-state index is 13.8. The number of carbonyl (C=O) groups is 1. The number of anilines is 1. The number of rotatable bonds is 6. The van der Waals surface area contributed by atoms with Crippen molar-refractivity contribution >= 4 is 23.1 Å². The molecule has 0 fully saturated rings. The van der Waals surface area contributed by atoms with Crippen LogP contribution in [-0.2, 0) is 6.54 Å². The van der Waals surface area contributed by atoms with E-state index in [1.54, 1.807) is 36.5 Å². The molecule has 1 aromatic carbocycles. The van der Waals surface area contributed by atoms with E-state index in [0.717, 1.165) is 5.69 Å². The van der Waals surface area contributed by atoms with Gasteiger partial charge in [0, 0.05) is 32.1 Å². The van der Waals surface area contributed by atoms with Gasteiger partial charge in [-0.2, -0.15) is 0 Å². The zero-order valence-electron chi connectivity index (χ0n) is 15.4. The Morgan fingerprint density at radius 3 is 2.74 bits per heavy atom. The Kier molecular flexibility index (Phi) is 5.41. The van der Waals surface area contributed by atoms with Crippen molar-refractivity contribution in [2.45, 2.75) is 6.54 Å². The molecule has 0 saturated heterocycles. The minimum atomic E-state index is -0.498. The van der Waals surface area contributed by atoms with Crippen LogP contribution in [0.15, 0.2) is 33.6 Å². The van der Waals surface area contributed by atoms with Crippen molar-refractivity contribution in [1.82, 2.24) is 15.0 Å². The molecule has 0 saturated carbocycles. The van der Waals surface area contributed by atoms with Gasteiger partial charge in [0.25, 0.3) is 5.91 Å². The summed E-state index contributed by atoms with van der Waals surface area (Å²) in [6.45, 7) is 0.354. The van der Waals surface area contributed by atoms with Gasteiger partial charge in [0.1, 0.15) is 5.56 Å². The first-order valence-electron chi connectivity index (χ1n) is 8.05. The van der Waals surface area contributed by atoms with E-state index in [1.807, 2.05) is 5.38 Å². The number of halogens is 1. The first-order chi connectivity index (χ1) is 12.9. The molecule has 27 heavy (non-hydrogen) atoms. The molecule has 3 rings (SSSR count). The topological polar surface area (TPSA) is 71.7 Å². The molecule has 0 radical (unpaired) electrons. The van der Waals surface area contributed by atoms with Crippen molar-refractivity contribution < 1.29 is 18.4 Å². The van der Waals surface area contributed by atoms with Gasteiger partial charge in [0.15, 0.2) is 23.1 Å². The number of thiazole rings is 1. The maximum Gasteiger partial charge on any atom is 0.261 e. The lowest BCUT2D eigenvalue weighted by molar-refractivity contribution is 0.0784. The van der Waals surface area contributed by atoms with Gasteiger partial charge in [0.2, 0.25) is 0 Å². The number of amides is 1. The van der Waals surface area contributed by atoms with Crippen LogP contribution in [0.25, 0.3) is 11.3 Å². The zero-order chi connectivity index (χ0) is 19.6. The number of aromatic nitrogens is 2. The fourth-order valence-corrected chi connectivity index (χ4v) is 3.15. The van der Waals surface area contributed by atoms with E-state index in [-0.39, 0.29) is 17.4 Å². The molecule has 7 nitrogen and oxygen atoms in total. The van der Waals surface area contributed by atoms with Gasteiger partial charge >= 0.3 is 0 Å². The Hall–Kier alpha value is -2.94. The highest BCUT2D eigenvalue weighted by molar-refractivity contribution is 7.07. The molecule has 9 heteroatoms. The van der Waals surface area contributed by atoms with E-state index in [0.29, 0.717) is 23.5 Å². The second kappa shape index (κ2) is 7.75. The summed E-state index contributed by atoms with van der Waals surface area (Å²) in [5, 5.41) is 5.91. The summed E-state index contributed by atoms with van der Waals surface area (Å²) in [4.78, 5) is 20.6. The van der Waals surface area contributed by atoms with Crippen molar-refractivity contribution in [2.24, 2.45) is 0 Å². The zero-order valence-corrected chi connectivity index (χ0v) is 16.2.